The van der Waals surface area contributed by atoms with Crippen LogP contribution in [0.2, 0.25) is 0 Å². The number of hydrogen-bond acceptors (Lipinski definition) is 5. The van der Waals surface area contributed by atoms with Gasteiger partial charge in [0.15, 0.2) is 0 Å². The lowest BCUT2D eigenvalue weighted by atomic mass is 10.2. The molecule has 1 aromatic carbocycles. The van der Waals surface area contributed by atoms with Crippen molar-refractivity contribution >= 4 is 9.84 Å². The Kier molecular flexibility index (Phi) is 3.10. The monoisotopic (exact) mass is 293 g/mol. The van der Waals surface area contributed by atoms with Crippen molar-refractivity contribution in [2.24, 2.45) is 0 Å². The van der Waals surface area contributed by atoms with Crippen molar-refractivity contribution in [3.8, 4) is 0 Å². The number of epoxide rings is 1. The average molecular weight is 293 g/mol. The van der Waals surface area contributed by atoms with Crippen LogP contribution in [0.5, 0.6) is 0 Å². The third-order valence-corrected chi connectivity index (χ3v) is 5.04. The largest absolute Gasteiger partial charge is 0.371 e. The molecule has 0 N–H and O–H groups in total. The summed E-state index contributed by atoms with van der Waals surface area (Å²) in [6.07, 6.45) is 1.56. The molecule has 7 heteroatoms. The van der Waals surface area contributed by atoms with E-state index < -0.39 is 9.84 Å². The second-order valence-electron chi connectivity index (χ2n) is 4.97. The zero-order valence-corrected chi connectivity index (χ0v) is 12.0. The van der Waals surface area contributed by atoms with E-state index in [2.05, 4.69) is 10.3 Å². The molecule has 0 bridgehead atoms. The van der Waals surface area contributed by atoms with Crippen LogP contribution in [0, 0.1) is 6.92 Å². The van der Waals surface area contributed by atoms with Gasteiger partial charge in [0.25, 0.3) is 0 Å². The van der Waals surface area contributed by atoms with Gasteiger partial charge in [-0.15, -0.1) is 5.10 Å². The molecule has 0 spiro atoms. The highest BCUT2D eigenvalue weighted by Gasteiger charge is 2.32. The van der Waals surface area contributed by atoms with Gasteiger partial charge in [-0.3, -0.25) is 0 Å². The highest BCUT2D eigenvalue weighted by molar-refractivity contribution is 7.91. The SMILES string of the molecule is Cc1ccc(S(=O)(=O)c2cn(C(C)[C@@H]3CO3)nn2)cc1. The first-order valence-electron chi connectivity index (χ1n) is 6.33. The van der Waals surface area contributed by atoms with Crippen molar-refractivity contribution in [3.63, 3.8) is 0 Å². The van der Waals surface area contributed by atoms with E-state index in [9.17, 15) is 8.42 Å². The number of hydrogen-bond donors (Lipinski definition) is 0. The quantitative estimate of drug-likeness (QED) is 0.796. The highest BCUT2D eigenvalue weighted by atomic mass is 32.2. The first-order valence-corrected chi connectivity index (χ1v) is 7.82. The predicted octanol–water partition coefficient (Wildman–Crippen LogP) is 1.38. The topological polar surface area (TPSA) is 77.4 Å². The number of benzene rings is 1. The minimum atomic E-state index is -3.61. The fourth-order valence-electron chi connectivity index (χ4n) is 1.93. The Bertz CT molecular complexity index is 718. The standard InChI is InChI=1S/C13H15N3O3S/c1-9-3-5-11(6-4-9)20(17,18)13-7-16(15-14-13)10(2)12-8-19-12/h3-7,10,12H,8H2,1-2H3/t10?,12-/m0/s1. The molecule has 0 amide bonds. The molecule has 106 valence electrons. The summed E-state index contributed by atoms with van der Waals surface area (Å²) in [5, 5.41) is 7.65. The van der Waals surface area contributed by atoms with Gasteiger partial charge in [-0.05, 0) is 26.0 Å². The minimum Gasteiger partial charge on any atom is -0.371 e. The van der Waals surface area contributed by atoms with Crippen molar-refractivity contribution in [1.82, 2.24) is 15.0 Å². The number of sulfone groups is 1. The first-order chi connectivity index (χ1) is 9.48. The van der Waals surface area contributed by atoms with Crippen LogP contribution < -0.4 is 0 Å². The van der Waals surface area contributed by atoms with Crippen molar-refractivity contribution in [3.05, 3.63) is 36.0 Å². The normalized spacial score (nSPS) is 19.8. The molecule has 1 aliphatic rings. The van der Waals surface area contributed by atoms with E-state index in [0.29, 0.717) is 6.61 Å². The Morgan fingerprint density at radius 1 is 1.35 bits per heavy atom. The summed E-state index contributed by atoms with van der Waals surface area (Å²) in [7, 11) is -3.61. The van der Waals surface area contributed by atoms with Crippen molar-refractivity contribution in [2.75, 3.05) is 6.61 Å². The average Bonchev–Trinajstić information content (AvgIpc) is 3.14. The van der Waals surface area contributed by atoms with Gasteiger partial charge < -0.3 is 4.74 Å². The molecule has 2 atom stereocenters. The number of aromatic nitrogens is 3. The summed E-state index contributed by atoms with van der Waals surface area (Å²) in [5.41, 5.74) is 1.01. The second-order valence-corrected chi connectivity index (χ2v) is 6.86. The van der Waals surface area contributed by atoms with Crippen LogP contribution in [-0.4, -0.2) is 36.1 Å². The summed E-state index contributed by atoms with van der Waals surface area (Å²) in [4.78, 5) is 0.227. The van der Waals surface area contributed by atoms with E-state index in [1.54, 1.807) is 28.9 Å². The third kappa shape index (κ3) is 2.34. The molecular weight excluding hydrogens is 278 g/mol. The molecular formula is C13H15N3O3S. The summed E-state index contributed by atoms with van der Waals surface area (Å²) in [6, 6.07) is 6.67. The fraction of sp³-hybridized carbons (Fsp3) is 0.385. The first kappa shape index (κ1) is 13.3. The smallest absolute Gasteiger partial charge is 0.227 e. The molecule has 0 radical (unpaired) electrons. The van der Waals surface area contributed by atoms with Crippen LogP contribution in [0.4, 0.5) is 0 Å². The van der Waals surface area contributed by atoms with Crippen LogP contribution in [-0.2, 0) is 14.6 Å². The van der Waals surface area contributed by atoms with E-state index in [4.69, 9.17) is 4.74 Å². The summed E-state index contributed by atoms with van der Waals surface area (Å²) < 4.78 is 31.6. The predicted molar refractivity (Wildman–Crippen MR) is 71.1 cm³/mol. The Morgan fingerprint density at radius 2 is 2.00 bits per heavy atom. The third-order valence-electron chi connectivity index (χ3n) is 3.41. The molecule has 1 saturated heterocycles. The molecule has 1 unspecified atom stereocenters. The van der Waals surface area contributed by atoms with E-state index in [1.807, 2.05) is 13.8 Å². The van der Waals surface area contributed by atoms with Crippen molar-refractivity contribution in [1.29, 1.82) is 0 Å². The molecule has 1 aliphatic heterocycles. The van der Waals surface area contributed by atoms with Gasteiger partial charge >= 0.3 is 0 Å². The van der Waals surface area contributed by atoms with Crippen LogP contribution in [0.3, 0.4) is 0 Å². The van der Waals surface area contributed by atoms with Gasteiger partial charge in [0.2, 0.25) is 14.9 Å². The van der Waals surface area contributed by atoms with E-state index in [0.717, 1.165) is 5.56 Å². The maximum atomic E-state index is 12.4. The molecule has 0 saturated carbocycles. The minimum absolute atomic E-state index is 0.00975. The van der Waals surface area contributed by atoms with E-state index in [-0.39, 0.29) is 22.1 Å². The Morgan fingerprint density at radius 3 is 2.60 bits per heavy atom. The summed E-state index contributed by atoms with van der Waals surface area (Å²) in [5.74, 6) is 0. The van der Waals surface area contributed by atoms with Gasteiger partial charge in [-0.2, -0.15) is 0 Å². The number of rotatable bonds is 4. The second kappa shape index (κ2) is 4.68. The molecule has 0 aliphatic carbocycles. The molecule has 1 aromatic heterocycles. The Hall–Kier alpha value is -1.73. The number of aryl methyl sites for hydroxylation is 1. The van der Waals surface area contributed by atoms with E-state index in [1.165, 1.54) is 6.20 Å². The van der Waals surface area contributed by atoms with Crippen molar-refractivity contribution in [2.45, 2.75) is 35.9 Å². The van der Waals surface area contributed by atoms with Crippen LogP contribution in [0.25, 0.3) is 0 Å². The molecule has 3 rings (SSSR count). The maximum Gasteiger partial charge on any atom is 0.227 e. The van der Waals surface area contributed by atoms with Gasteiger partial charge in [-0.25, -0.2) is 13.1 Å². The van der Waals surface area contributed by atoms with Gasteiger partial charge in [0.1, 0.15) is 6.10 Å². The highest BCUT2D eigenvalue weighted by Crippen LogP contribution is 2.25. The zero-order valence-electron chi connectivity index (χ0n) is 11.2. The molecule has 2 aromatic rings. The Labute approximate surface area is 117 Å². The van der Waals surface area contributed by atoms with Crippen LogP contribution >= 0.6 is 0 Å². The molecule has 1 fully saturated rings. The maximum absolute atomic E-state index is 12.4. The van der Waals surface area contributed by atoms with E-state index >= 15 is 0 Å². The lowest BCUT2D eigenvalue weighted by Gasteiger charge is -2.06. The van der Waals surface area contributed by atoms with Crippen LogP contribution in [0.1, 0.15) is 18.5 Å². The molecule has 6 nitrogen and oxygen atoms in total. The number of nitrogens with zero attached hydrogens (tertiary/aromatic N) is 3. The Balaban J connectivity index is 1.93. The van der Waals surface area contributed by atoms with Crippen LogP contribution in [0.15, 0.2) is 40.4 Å². The molecule has 20 heavy (non-hydrogen) atoms. The number of ether oxygens (including phenoxy) is 1. The van der Waals surface area contributed by atoms with Crippen molar-refractivity contribution < 1.29 is 13.2 Å². The van der Waals surface area contributed by atoms with Gasteiger partial charge in [0, 0.05) is 0 Å². The fourth-order valence-corrected chi connectivity index (χ4v) is 3.05. The summed E-state index contributed by atoms with van der Waals surface area (Å²) >= 11 is 0. The zero-order chi connectivity index (χ0) is 14.3. The summed E-state index contributed by atoms with van der Waals surface area (Å²) in [6.45, 7) is 4.51. The molecule has 2 heterocycles. The lowest BCUT2D eigenvalue weighted by Crippen LogP contribution is -2.11. The van der Waals surface area contributed by atoms with Gasteiger partial charge in [-0.1, -0.05) is 22.9 Å². The van der Waals surface area contributed by atoms with Gasteiger partial charge in [0.05, 0.1) is 23.7 Å². The lowest BCUT2D eigenvalue weighted by molar-refractivity contribution is 0.322.